The molecule has 0 aliphatic carbocycles. The Kier molecular flexibility index (Phi) is 6.06. The molecule has 108 valence electrons. The van der Waals surface area contributed by atoms with Crippen LogP contribution in [0.1, 0.15) is 89.0 Å². The molecule has 2 unspecified atom stereocenters. The van der Waals surface area contributed by atoms with Gasteiger partial charge >= 0.3 is 0 Å². The minimum Gasteiger partial charge on any atom is -0.388 e. The van der Waals surface area contributed by atoms with Crippen molar-refractivity contribution in [3.63, 3.8) is 0 Å². The van der Waals surface area contributed by atoms with Crippen molar-refractivity contribution in [3.8, 4) is 0 Å². The summed E-state index contributed by atoms with van der Waals surface area (Å²) in [7, 11) is 0. The molecule has 0 amide bonds. The fourth-order valence-corrected chi connectivity index (χ4v) is 2.43. The van der Waals surface area contributed by atoms with Crippen molar-refractivity contribution in [3.05, 3.63) is 34.9 Å². The van der Waals surface area contributed by atoms with Crippen LogP contribution in [0, 0.1) is 5.92 Å². The number of aliphatic hydroxyl groups is 1. The van der Waals surface area contributed by atoms with Gasteiger partial charge in [0, 0.05) is 0 Å². The third-order valence-corrected chi connectivity index (χ3v) is 4.08. The van der Waals surface area contributed by atoms with Gasteiger partial charge in [-0.25, -0.2) is 0 Å². The molecule has 1 nitrogen and oxygen atoms in total. The second kappa shape index (κ2) is 7.09. The lowest BCUT2D eigenvalue weighted by Gasteiger charge is -2.22. The van der Waals surface area contributed by atoms with Crippen molar-refractivity contribution in [2.75, 3.05) is 0 Å². The summed E-state index contributed by atoms with van der Waals surface area (Å²) in [4.78, 5) is 0. The van der Waals surface area contributed by atoms with Crippen molar-refractivity contribution in [2.24, 2.45) is 5.92 Å². The molecule has 0 saturated heterocycles. The predicted molar refractivity (Wildman–Crippen MR) is 83.7 cm³/mol. The van der Waals surface area contributed by atoms with E-state index in [1.165, 1.54) is 11.1 Å². The second-order valence-corrected chi connectivity index (χ2v) is 6.46. The Morgan fingerprint density at radius 2 is 1.58 bits per heavy atom. The molecule has 0 radical (unpaired) electrons. The summed E-state index contributed by atoms with van der Waals surface area (Å²) < 4.78 is 0. The number of aliphatic hydroxyl groups excluding tert-OH is 1. The van der Waals surface area contributed by atoms with Gasteiger partial charge in [0.05, 0.1) is 6.10 Å². The summed E-state index contributed by atoms with van der Waals surface area (Å²) in [5.41, 5.74) is 3.80. The Morgan fingerprint density at radius 3 is 2.05 bits per heavy atom. The summed E-state index contributed by atoms with van der Waals surface area (Å²) in [6, 6.07) is 6.59. The van der Waals surface area contributed by atoms with E-state index < -0.39 is 0 Å². The Labute approximate surface area is 119 Å². The van der Waals surface area contributed by atoms with E-state index in [1.807, 2.05) is 0 Å². The van der Waals surface area contributed by atoms with Crippen LogP contribution >= 0.6 is 0 Å². The van der Waals surface area contributed by atoms with Crippen molar-refractivity contribution in [1.29, 1.82) is 0 Å². The lowest BCUT2D eigenvalue weighted by atomic mass is 9.87. The quantitative estimate of drug-likeness (QED) is 0.727. The maximum absolute atomic E-state index is 10.5. The molecular weight excluding hydrogens is 232 g/mol. The van der Waals surface area contributed by atoms with Gasteiger partial charge in [-0.05, 0) is 40.9 Å². The van der Waals surface area contributed by atoms with Crippen molar-refractivity contribution in [2.45, 2.75) is 72.3 Å². The van der Waals surface area contributed by atoms with Crippen LogP contribution in [0.5, 0.6) is 0 Å². The maximum atomic E-state index is 10.5. The average molecular weight is 262 g/mol. The van der Waals surface area contributed by atoms with Gasteiger partial charge < -0.3 is 5.11 Å². The highest BCUT2D eigenvalue weighted by atomic mass is 16.3. The summed E-state index contributed by atoms with van der Waals surface area (Å²) >= 11 is 0. The van der Waals surface area contributed by atoms with E-state index in [1.54, 1.807) is 0 Å². The van der Waals surface area contributed by atoms with E-state index in [9.17, 15) is 5.11 Å². The molecule has 1 N–H and O–H groups in total. The third kappa shape index (κ3) is 4.35. The lowest BCUT2D eigenvalue weighted by Crippen LogP contribution is -2.08. The van der Waals surface area contributed by atoms with Crippen molar-refractivity contribution < 1.29 is 5.11 Å². The molecule has 0 fully saturated rings. The molecule has 2 atom stereocenters. The average Bonchev–Trinajstić information content (AvgIpc) is 2.37. The zero-order valence-electron chi connectivity index (χ0n) is 13.4. The van der Waals surface area contributed by atoms with Gasteiger partial charge in [0.2, 0.25) is 0 Å². The first-order chi connectivity index (χ1) is 8.86. The Bertz CT molecular complexity index is 393. The maximum Gasteiger partial charge on any atom is 0.0795 e. The molecule has 1 heteroatoms. The molecule has 0 aliphatic rings. The smallest absolute Gasteiger partial charge is 0.0795 e. The summed E-state index contributed by atoms with van der Waals surface area (Å²) in [5.74, 6) is 1.57. The van der Waals surface area contributed by atoms with E-state index in [2.05, 4.69) is 59.7 Å². The van der Waals surface area contributed by atoms with E-state index in [0.29, 0.717) is 17.8 Å². The van der Waals surface area contributed by atoms with Crippen molar-refractivity contribution >= 4 is 0 Å². The minimum atomic E-state index is -0.325. The Hall–Kier alpha value is -0.820. The van der Waals surface area contributed by atoms with Gasteiger partial charge in [0.25, 0.3) is 0 Å². The van der Waals surface area contributed by atoms with E-state index in [0.717, 1.165) is 18.4 Å². The SMILES string of the molecule is CCC(C)CC(O)c1ccc(C(C)C)cc1C(C)C. The molecule has 0 saturated carbocycles. The zero-order valence-corrected chi connectivity index (χ0v) is 13.4. The van der Waals surface area contributed by atoms with E-state index in [4.69, 9.17) is 0 Å². The number of hydrogen-bond acceptors (Lipinski definition) is 1. The third-order valence-electron chi connectivity index (χ3n) is 4.08. The topological polar surface area (TPSA) is 20.2 Å². The molecule has 19 heavy (non-hydrogen) atoms. The minimum absolute atomic E-state index is 0.325. The first-order valence-electron chi connectivity index (χ1n) is 7.68. The molecule has 0 spiro atoms. The fraction of sp³-hybridized carbons (Fsp3) is 0.667. The molecule has 0 heterocycles. The fourth-order valence-electron chi connectivity index (χ4n) is 2.43. The van der Waals surface area contributed by atoms with Crippen LogP contribution in [0.25, 0.3) is 0 Å². The monoisotopic (exact) mass is 262 g/mol. The summed E-state index contributed by atoms with van der Waals surface area (Å²) in [6.45, 7) is 13.2. The standard InChI is InChI=1S/C18H30O/c1-7-14(6)10-18(19)16-9-8-15(12(2)3)11-17(16)13(4)5/h8-9,11-14,18-19H,7,10H2,1-6H3. The first kappa shape index (κ1) is 16.2. The lowest BCUT2D eigenvalue weighted by molar-refractivity contribution is 0.145. The Balaban J connectivity index is 3.05. The van der Waals surface area contributed by atoms with E-state index in [-0.39, 0.29) is 6.10 Å². The Morgan fingerprint density at radius 1 is 0.947 bits per heavy atom. The van der Waals surface area contributed by atoms with Gasteiger partial charge in [0.15, 0.2) is 0 Å². The van der Waals surface area contributed by atoms with Crippen LogP contribution in [0.3, 0.4) is 0 Å². The second-order valence-electron chi connectivity index (χ2n) is 6.46. The van der Waals surface area contributed by atoms with Gasteiger partial charge in [0.1, 0.15) is 0 Å². The highest BCUT2D eigenvalue weighted by Crippen LogP contribution is 2.32. The number of benzene rings is 1. The van der Waals surface area contributed by atoms with Gasteiger partial charge in [-0.15, -0.1) is 0 Å². The van der Waals surface area contributed by atoms with Crippen LogP contribution in [0.4, 0.5) is 0 Å². The first-order valence-corrected chi connectivity index (χ1v) is 7.68. The van der Waals surface area contributed by atoms with Crippen LogP contribution in [-0.2, 0) is 0 Å². The number of hydrogen-bond donors (Lipinski definition) is 1. The van der Waals surface area contributed by atoms with Crippen molar-refractivity contribution in [1.82, 2.24) is 0 Å². The summed E-state index contributed by atoms with van der Waals surface area (Å²) in [5, 5.41) is 10.5. The molecular formula is C18H30O. The summed E-state index contributed by atoms with van der Waals surface area (Å²) in [6.07, 6.45) is 1.66. The predicted octanol–water partition coefficient (Wildman–Crippen LogP) is 5.40. The van der Waals surface area contributed by atoms with Gasteiger partial charge in [-0.1, -0.05) is 66.2 Å². The molecule has 1 rings (SSSR count). The van der Waals surface area contributed by atoms with Gasteiger partial charge in [-0.3, -0.25) is 0 Å². The van der Waals surface area contributed by atoms with Gasteiger partial charge in [-0.2, -0.15) is 0 Å². The van der Waals surface area contributed by atoms with Crippen LogP contribution < -0.4 is 0 Å². The molecule has 0 aromatic heterocycles. The molecule has 1 aromatic rings. The van der Waals surface area contributed by atoms with Crippen LogP contribution in [0.2, 0.25) is 0 Å². The normalized spacial score (nSPS) is 15.0. The highest BCUT2D eigenvalue weighted by Gasteiger charge is 2.17. The van der Waals surface area contributed by atoms with Crippen LogP contribution in [0.15, 0.2) is 18.2 Å². The highest BCUT2D eigenvalue weighted by molar-refractivity contribution is 5.37. The zero-order chi connectivity index (χ0) is 14.6. The molecule has 0 bridgehead atoms. The largest absolute Gasteiger partial charge is 0.388 e. The number of rotatable bonds is 6. The molecule has 1 aromatic carbocycles. The van der Waals surface area contributed by atoms with Crippen LogP contribution in [-0.4, -0.2) is 5.11 Å². The van der Waals surface area contributed by atoms with E-state index >= 15 is 0 Å². The molecule has 0 aliphatic heterocycles.